The van der Waals surface area contributed by atoms with Crippen molar-refractivity contribution in [1.29, 1.82) is 0 Å². The number of rotatable bonds is 4. The zero-order valence-electron chi connectivity index (χ0n) is 11.7. The average Bonchev–Trinajstić information content (AvgIpc) is 2.97. The number of hydrogen-bond acceptors (Lipinski definition) is 3. The lowest BCUT2D eigenvalue weighted by molar-refractivity contribution is 0.776. The summed E-state index contributed by atoms with van der Waals surface area (Å²) in [5.41, 5.74) is 3.17. The van der Waals surface area contributed by atoms with Crippen LogP contribution in [0.15, 0.2) is 77.1 Å². The van der Waals surface area contributed by atoms with E-state index >= 15 is 0 Å². The Hall–Kier alpha value is -2.33. The summed E-state index contributed by atoms with van der Waals surface area (Å²) in [6.45, 7) is 0. The number of nitrogens with zero attached hydrogens (tertiary/aromatic N) is 3. The van der Waals surface area contributed by atoms with Gasteiger partial charge in [-0.15, -0.1) is 0 Å². The third-order valence-corrected chi connectivity index (χ3v) is 3.72. The van der Waals surface area contributed by atoms with Gasteiger partial charge >= 0.3 is 0 Å². The van der Waals surface area contributed by atoms with Gasteiger partial charge in [-0.2, -0.15) is 5.10 Å². The summed E-state index contributed by atoms with van der Waals surface area (Å²) in [4.78, 5) is 4.44. The lowest BCUT2D eigenvalue weighted by Crippen LogP contribution is -1.95. The van der Waals surface area contributed by atoms with Crippen LogP contribution in [0.2, 0.25) is 0 Å². The van der Waals surface area contributed by atoms with Gasteiger partial charge in [0.25, 0.3) is 0 Å². The molecule has 0 radical (unpaired) electrons. The topological polar surface area (TPSA) is 30.2 Å². The summed E-state index contributed by atoms with van der Waals surface area (Å²) in [6, 6.07) is 20.2. The Bertz CT molecular complexity index is 733. The molecule has 0 fully saturated rings. The van der Waals surface area contributed by atoms with Crippen LogP contribution < -0.4 is 0 Å². The summed E-state index contributed by atoms with van der Waals surface area (Å²) in [5, 5.41) is 5.47. The monoisotopic (exact) mass is 293 g/mol. The van der Waals surface area contributed by atoms with Crippen LogP contribution in [0.4, 0.5) is 0 Å². The van der Waals surface area contributed by atoms with Gasteiger partial charge in [-0.3, -0.25) is 0 Å². The molecular formula is C17H15N3S. The second kappa shape index (κ2) is 6.41. The molecule has 0 saturated heterocycles. The predicted octanol–water partition coefficient (Wildman–Crippen LogP) is 4.15. The first-order chi connectivity index (χ1) is 10.4. The second-order valence-electron chi connectivity index (χ2n) is 4.46. The highest BCUT2D eigenvalue weighted by atomic mass is 32.2. The lowest BCUT2D eigenvalue weighted by Gasteiger charge is -2.04. The van der Waals surface area contributed by atoms with Crippen molar-refractivity contribution >= 4 is 18.0 Å². The first-order valence-corrected chi connectivity index (χ1v) is 7.87. The highest BCUT2D eigenvalue weighted by molar-refractivity contribution is 7.98. The molecule has 0 aliphatic heterocycles. The van der Waals surface area contributed by atoms with Crippen LogP contribution in [0.1, 0.15) is 5.56 Å². The predicted molar refractivity (Wildman–Crippen MR) is 88.9 cm³/mol. The summed E-state index contributed by atoms with van der Waals surface area (Å²) in [6.07, 6.45) is 5.73. The minimum absolute atomic E-state index is 0.876. The number of thioether (sulfide) groups is 1. The van der Waals surface area contributed by atoms with E-state index < -0.39 is 0 Å². The molecule has 0 spiro atoms. The quantitative estimate of drug-likeness (QED) is 0.534. The van der Waals surface area contributed by atoms with Gasteiger partial charge in [0.15, 0.2) is 5.16 Å². The van der Waals surface area contributed by atoms with Crippen molar-refractivity contribution in [2.24, 2.45) is 5.10 Å². The minimum Gasteiger partial charge on any atom is -0.229 e. The number of imidazole rings is 1. The van der Waals surface area contributed by atoms with Gasteiger partial charge in [0, 0.05) is 5.56 Å². The van der Waals surface area contributed by atoms with E-state index in [9.17, 15) is 0 Å². The zero-order chi connectivity index (χ0) is 14.5. The van der Waals surface area contributed by atoms with Gasteiger partial charge < -0.3 is 0 Å². The first-order valence-electron chi connectivity index (χ1n) is 6.65. The molecule has 0 atom stereocenters. The standard InChI is InChI=1S/C17H15N3S/c1-21-17-18-13-16(15-10-6-3-7-11-15)20(17)19-12-14-8-4-2-5-9-14/h2-13H,1H3/b19-12+. The van der Waals surface area contributed by atoms with Gasteiger partial charge in [0.2, 0.25) is 0 Å². The maximum atomic E-state index is 4.59. The van der Waals surface area contributed by atoms with Gasteiger partial charge in [-0.25, -0.2) is 9.66 Å². The van der Waals surface area contributed by atoms with Crippen LogP contribution in [0.5, 0.6) is 0 Å². The Balaban J connectivity index is 2.01. The molecule has 4 heteroatoms. The van der Waals surface area contributed by atoms with Crippen LogP contribution in [0.3, 0.4) is 0 Å². The molecule has 0 aliphatic carbocycles. The highest BCUT2D eigenvalue weighted by Gasteiger charge is 2.09. The number of hydrogen-bond donors (Lipinski definition) is 0. The van der Waals surface area contributed by atoms with Gasteiger partial charge in [-0.05, 0) is 11.8 Å². The van der Waals surface area contributed by atoms with Crippen LogP contribution in [0.25, 0.3) is 11.3 Å². The normalized spacial score (nSPS) is 11.1. The van der Waals surface area contributed by atoms with E-state index in [1.807, 2.05) is 71.9 Å². The van der Waals surface area contributed by atoms with E-state index in [0.29, 0.717) is 0 Å². The molecule has 21 heavy (non-hydrogen) atoms. The van der Waals surface area contributed by atoms with E-state index in [4.69, 9.17) is 0 Å². The van der Waals surface area contributed by atoms with Crippen molar-refractivity contribution in [2.75, 3.05) is 6.26 Å². The lowest BCUT2D eigenvalue weighted by atomic mass is 10.2. The number of benzene rings is 2. The molecule has 3 nitrogen and oxygen atoms in total. The summed E-state index contributed by atoms with van der Waals surface area (Å²) in [5.74, 6) is 0. The molecule has 1 heterocycles. The van der Waals surface area contributed by atoms with E-state index in [1.165, 1.54) is 0 Å². The second-order valence-corrected chi connectivity index (χ2v) is 5.24. The first kappa shape index (κ1) is 13.6. The Morgan fingerprint density at radius 2 is 1.67 bits per heavy atom. The van der Waals surface area contributed by atoms with Crippen molar-refractivity contribution in [3.63, 3.8) is 0 Å². The third-order valence-electron chi connectivity index (χ3n) is 3.08. The van der Waals surface area contributed by atoms with Crippen molar-refractivity contribution in [3.05, 3.63) is 72.4 Å². The maximum absolute atomic E-state index is 4.59. The highest BCUT2D eigenvalue weighted by Crippen LogP contribution is 2.24. The molecule has 0 aliphatic rings. The molecule has 2 aromatic carbocycles. The Morgan fingerprint density at radius 1 is 1.00 bits per heavy atom. The molecule has 0 N–H and O–H groups in total. The van der Waals surface area contributed by atoms with E-state index in [2.05, 4.69) is 22.2 Å². The van der Waals surface area contributed by atoms with Crippen molar-refractivity contribution in [3.8, 4) is 11.3 Å². The molecule has 1 aromatic heterocycles. The fourth-order valence-electron chi connectivity index (χ4n) is 2.05. The van der Waals surface area contributed by atoms with Crippen LogP contribution in [0, 0.1) is 0 Å². The summed E-state index contributed by atoms with van der Waals surface area (Å²) >= 11 is 1.58. The fourth-order valence-corrected chi connectivity index (χ4v) is 2.53. The molecule has 0 bridgehead atoms. The smallest absolute Gasteiger partial charge is 0.189 e. The van der Waals surface area contributed by atoms with E-state index in [1.54, 1.807) is 11.8 Å². The van der Waals surface area contributed by atoms with Crippen LogP contribution >= 0.6 is 11.8 Å². The van der Waals surface area contributed by atoms with Crippen LogP contribution in [-0.4, -0.2) is 22.1 Å². The van der Waals surface area contributed by atoms with Crippen molar-refractivity contribution < 1.29 is 0 Å². The Morgan fingerprint density at radius 3 is 2.33 bits per heavy atom. The van der Waals surface area contributed by atoms with Gasteiger partial charge in [-0.1, -0.05) is 72.4 Å². The van der Waals surface area contributed by atoms with Gasteiger partial charge in [0.05, 0.1) is 18.1 Å². The molecule has 0 saturated carbocycles. The van der Waals surface area contributed by atoms with Crippen molar-refractivity contribution in [1.82, 2.24) is 9.66 Å². The molecule has 0 unspecified atom stereocenters. The summed E-state index contributed by atoms with van der Waals surface area (Å²) < 4.78 is 1.88. The van der Waals surface area contributed by atoms with Gasteiger partial charge in [0.1, 0.15) is 0 Å². The summed E-state index contributed by atoms with van der Waals surface area (Å²) in [7, 11) is 0. The van der Waals surface area contributed by atoms with Crippen molar-refractivity contribution in [2.45, 2.75) is 5.16 Å². The number of aromatic nitrogens is 2. The fraction of sp³-hybridized carbons (Fsp3) is 0.0588. The minimum atomic E-state index is 0.876. The van der Waals surface area contributed by atoms with E-state index in [-0.39, 0.29) is 0 Å². The SMILES string of the molecule is CSc1ncc(-c2ccccc2)n1/N=C/c1ccccc1. The molecule has 3 rings (SSSR count). The third kappa shape index (κ3) is 3.06. The van der Waals surface area contributed by atoms with Crippen LogP contribution in [-0.2, 0) is 0 Å². The van der Waals surface area contributed by atoms with E-state index in [0.717, 1.165) is 22.0 Å². The molecular weight excluding hydrogens is 278 g/mol. The largest absolute Gasteiger partial charge is 0.229 e. The average molecular weight is 293 g/mol. The molecule has 3 aromatic rings. The Labute approximate surface area is 128 Å². The Kier molecular flexibility index (Phi) is 4.17. The molecule has 104 valence electrons. The maximum Gasteiger partial charge on any atom is 0.189 e. The molecule has 0 amide bonds. The zero-order valence-corrected chi connectivity index (χ0v) is 12.5.